The van der Waals surface area contributed by atoms with Gasteiger partial charge in [-0.05, 0) is 11.8 Å². The molecule has 1 unspecified atom stereocenters. The van der Waals surface area contributed by atoms with Gasteiger partial charge in [0.15, 0.2) is 0 Å². The van der Waals surface area contributed by atoms with Crippen LogP contribution < -0.4 is 0 Å². The summed E-state index contributed by atoms with van der Waals surface area (Å²) in [6, 6.07) is -0.301. The number of ether oxygens (including phenoxy) is 1. The molecular formula is C12H19NO4. The van der Waals surface area contributed by atoms with E-state index in [9.17, 15) is 9.59 Å². The summed E-state index contributed by atoms with van der Waals surface area (Å²) in [7, 11) is 0. The molecule has 0 spiro atoms. The first-order valence-corrected chi connectivity index (χ1v) is 6.02. The summed E-state index contributed by atoms with van der Waals surface area (Å²) >= 11 is 0. The molecule has 1 saturated heterocycles. The number of amides is 1. The molecule has 1 aliphatic carbocycles. The number of nitrogens with zero attached hydrogens (tertiary/aromatic N) is 1. The third-order valence-corrected chi connectivity index (χ3v) is 3.73. The van der Waals surface area contributed by atoms with Gasteiger partial charge in [-0.1, -0.05) is 13.8 Å². The Morgan fingerprint density at radius 1 is 1.47 bits per heavy atom. The third kappa shape index (κ3) is 2.60. The minimum absolute atomic E-state index is 0.0289. The van der Waals surface area contributed by atoms with Crippen LogP contribution in [0.25, 0.3) is 0 Å². The van der Waals surface area contributed by atoms with Gasteiger partial charge in [0, 0.05) is 12.5 Å². The van der Waals surface area contributed by atoms with Crippen molar-refractivity contribution in [3.05, 3.63) is 0 Å². The van der Waals surface area contributed by atoms with Crippen LogP contribution in [0.15, 0.2) is 0 Å². The standard InChI is InChI=1S/C12H19NO4/c1-12(2)6-9(12)11(16)13-3-4-17-7-8(13)5-10(14)15/h8-9H,3-7H2,1-2H3,(H,14,15)/t8?,9-/m1/s1. The first-order valence-electron chi connectivity index (χ1n) is 6.02. The largest absolute Gasteiger partial charge is 0.481 e. The predicted octanol–water partition coefficient (Wildman–Crippen LogP) is 0.735. The highest BCUT2D eigenvalue weighted by atomic mass is 16.5. The minimum Gasteiger partial charge on any atom is -0.481 e. The molecule has 1 amide bonds. The molecule has 2 atom stereocenters. The Labute approximate surface area is 101 Å². The van der Waals surface area contributed by atoms with Gasteiger partial charge in [-0.2, -0.15) is 0 Å². The van der Waals surface area contributed by atoms with Crippen LogP contribution in [0.2, 0.25) is 0 Å². The Morgan fingerprint density at radius 3 is 2.65 bits per heavy atom. The molecule has 2 rings (SSSR count). The Kier molecular flexibility index (Phi) is 3.12. The maximum Gasteiger partial charge on any atom is 0.305 e. The second kappa shape index (κ2) is 4.29. The minimum atomic E-state index is -0.881. The van der Waals surface area contributed by atoms with Crippen LogP contribution >= 0.6 is 0 Å². The maximum atomic E-state index is 12.2. The summed E-state index contributed by atoms with van der Waals surface area (Å²) in [6.45, 7) is 5.51. The van der Waals surface area contributed by atoms with Crippen molar-refractivity contribution < 1.29 is 19.4 Å². The number of hydrogen-bond donors (Lipinski definition) is 1. The number of hydrogen-bond acceptors (Lipinski definition) is 3. The molecular weight excluding hydrogens is 222 g/mol. The molecule has 0 bridgehead atoms. The molecule has 0 radical (unpaired) electrons. The highest BCUT2D eigenvalue weighted by Gasteiger charge is 2.52. The summed E-state index contributed by atoms with van der Waals surface area (Å²) in [5.41, 5.74) is 0.0865. The van der Waals surface area contributed by atoms with E-state index in [2.05, 4.69) is 13.8 Å². The van der Waals surface area contributed by atoms with Gasteiger partial charge >= 0.3 is 5.97 Å². The third-order valence-electron chi connectivity index (χ3n) is 3.73. The fourth-order valence-electron chi connectivity index (χ4n) is 2.40. The van der Waals surface area contributed by atoms with Crippen molar-refractivity contribution >= 4 is 11.9 Å². The Bertz CT molecular complexity index is 339. The van der Waals surface area contributed by atoms with E-state index in [4.69, 9.17) is 9.84 Å². The van der Waals surface area contributed by atoms with Crippen molar-refractivity contribution in [1.82, 2.24) is 4.90 Å². The SMILES string of the molecule is CC1(C)C[C@@H]1C(=O)N1CCOCC1CC(=O)O. The molecule has 1 aliphatic heterocycles. The van der Waals surface area contributed by atoms with Gasteiger partial charge in [-0.3, -0.25) is 9.59 Å². The van der Waals surface area contributed by atoms with Crippen molar-refractivity contribution in [2.24, 2.45) is 11.3 Å². The monoisotopic (exact) mass is 241 g/mol. The van der Waals surface area contributed by atoms with Gasteiger partial charge in [0.2, 0.25) is 5.91 Å². The van der Waals surface area contributed by atoms with Crippen molar-refractivity contribution in [1.29, 1.82) is 0 Å². The van der Waals surface area contributed by atoms with Crippen LogP contribution in [0, 0.1) is 11.3 Å². The number of morpholine rings is 1. The summed E-state index contributed by atoms with van der Waals surface area (Å²) in [6.07, 6.45) is 0.877. The van der Waals surface area contributed by atoms with E-state index in [0.29, 0.717) is 19.8 Å². The van der Waals surface area contributed by atoms with Gasteiger partial charge < -0.3 is 14.7 Å². The van der Waals surface area contributed by atoms with Crippen LogP contribution in [0.3, 0.4) is 0 Å². The molecule has 1 heterocycles. The lowest BCUT2D eigenvalue weighted by Crippen LogP contribution is -2.50. The second-order valence-electron chi connectivity index (χ2n) is 5.60. The van der Waals surface area contributed by atoms with Crippen molar-refractivity contribution in [3.8, 4) is 0 Å². The lowest BCUT2D eigenvalue weighted by atomic mass is 10.1. The topological polar surface area (TPSA) is 66.8 Å². The molecule has 2 aliphatic rings. The summed E-state index contributed by atoms with van der Waals surface area (Å²) in [4.78, 5) is 24.7. The average molecular weight is 241 g/mol. The molecule has 0 aromatic heterocycles. The van der Waals surface area contributed by atoms with Gasteiger partial charge in [0.1, 0.15) is 0 Å². The average Bonchev–Trinajstić information content (AvgIpc) is 2.87. The smallest absolute Gasteiger partial charge is 0.305 e. The summed E-state index contributed by atoms with van der Waals surface area (Å²) in [5.74, 6) is -0.713. The van der Waals surface area contributed by atoms with E-state index in [1.807, 2.05) is 0 Å². The van der Waals surface area contributed by atoms with Crippen LogP contribution in [0.4, 0.5) is 0 Å². The van der Waals surface area contributed by atoms with Gasteiger partial charge in [0.05, 0.1) is 25.7 Å². The zero-order valence-electron chi connectivity index (χ0n) is 10.3. The molecule has 0 aromatic rings. The number of carboxylic acids is 1. The van der Waals surface area contributed by atoms with Gasteiger partial charge in [-0.25, -0.2) is 0 Å². The molecule has 5 heteroatoms. The number of carbonyl (C=O) groups excluding carboxylic acids is 1. The second-order valence-corrected chi connectivity index (χ2v) is 5.60. The molecule has 1 saturated carbocycles. The number of rotatable bonds is 3. The zero-order chi connectivity index (χ0) is 12.6. The zero-order valence-corrected chi connectivity index (χ0v) is 10.3. The number of carbonyl (C=O) groups is 2. The summed E-state index contributed by atoms with van der Waals surface area (Å²) < 4.78 is 5.26. The Morgan fingerprint density at radius 2 is 2.12 bits per heavy atom. The summed E-state index contributed by atoms with van der Waals surface area (Å²) in [5, 5.41) is 8.83. The molecule has 2 fully saturated rings. The number of carboxylic acid groups (broad SMARTS) is 1. The molecule has 17 heavy (non-hydrogen) atoms. The van der Waals surface area contributed by atoms with Crippen molar-refractivity contribution in [2.75, 3.05) is 19.8 Å². The van der Waals surface area contributed by atoms with Crippen LogP contribution in [0.5, 0.6) is 0 Å². The Balaban J connectivity index is 2.01. The lowest BCUT2D eigenvalue weighted by Gasteiger charge is -2.35. The van der Waals surface area contributed by atoms with Gasteiger partial charge in [-0.15, -0.1) is 0 Å². The molecule has 5 nitrogen and oxygen atoms in total. The molecule has 96 valence electrons. The highest BCUT2D eigenvalue weighted by Crippen LogP contribution is 2.52. The lowest BCUT2D eigenvalue weighted by molar-refractivity contribution is -0.147. The number of aliphatic carboxylic acids is 1. The first kappa shape index (κ1) is 12.4. The highest BCUT2D eigenvalue weighted by molar-refractivity contribution is 5.83. The van der Waals surface area contributed by atoms with E-state index in [1.165, 1.54) is 0 Å². The maximum absolute atomic E-state index is 12.2. The van der Waals surface area contributed by atoms with Crippen LogP contribution in [-0.2, 0) is 14.3 Å². The first-order chi connectivity index (χ1) is 7.92. The van der Waals surface area contributed by atoms with E-state index < -0.39 is 5.97 Å². The Hall–Kier alpha value is -1.10. The van der Waals surface area contributed by atoms with E-state index >= 15 is 0 Å². The quantitative estimate of drug-likeness (QED) is 0.791. The molecule has 0 aromatic carbocycles. The fourth-order valence-corrected chi connectivity index (χ4v) is 2.40. The van der Waals surface area contributed by atoms with Crippen LogP contribution in [0.1, 0.15) is 26.7 Å². The molecule has 1 N–H and O–H groups in total. The van der Waals surface area contributed by atoms with Crippen molar-refractivity contribution in [2.45, 2.75) is 32.7 Å². The van der Waals surface area contributed by atoms with Crippen molar-refractivity contribution in [3.63, 3.8) is 0 Å². The van der Waals surface area contributed by atoms with Gasteiger partial charge in [0.25, 0.3) is 0 Å². The predicted molar refractivity (Wildman–Crippen MR) is 60.5 cm³/mol. The van der Waals surface area contributed by atoms with E-state index in [0.717, 1.165) is 6.42 Å². The fraction of sp³-hybridized carbons (Fsp3) is 0.833. The van der Waals surface area contributed by atoms with E-state index in [1.54, 1.807) is 4.90 Å². The normalized spacial score (nSPS) is 31.1. The van der Waals surface area contributed by atoms with Crippen LogP contribution in [-0.4, -0.2) is 47.7 Å². The van der Waals surface area contributed by atoms with E-state index in [-0.39, 0.29) is 29.7 Å².